The van der Waals surface area contributed by atoms with E-state index in [0.29, 0.717) is 18.1 Å². The average molecular weight is 314 g/mol. The number of hydrogen-bond donors (Lipinski definition) is 1. The number of carbonyl (C=O) groups excluding carboxylic acids is 1. The molecule has 23 heavy (non-hydrogen) atoms. The minimum Gasteiger partial charge on any atom is -0.337 e. The van der Waals surface area contributed by atoms with Gasteiger partial charge in [-0.2, -0.15) is 4.98 Å². The van der Waals surface area contributed by atoms with E-state index >= 15 is 0 Å². The topological polar surface area (TPSA) is 85.3 Å². The van der Waals surface area contributed by atoms with Gasteiger partial charge in [0.05, 0.1) is 0 Å². The van der Waals surface area contributed by atoms with Crippen molar-refractivity contribution in [3.8, 4) is 11.4 Å². The van der Waals surface area contributed by atoms with Crippen LogP contribution in [0.4, 0.5) is 0 Å². The Hall–Kier alpha value is -2.21. The number of hydrogen-bond acceptors (Lipinski definition) is 5. The summed E-state index contributed by atoms with van der Waals surface area (Å²) in [4.78, 5) is 18.8. The maximum absolute atomic E-state index is 12.4. The van der Waals surface area contributed by atoms with Crippen LogP contribution in [0.5, 0.6) is 0 Å². The molecule has 122 valence electrons. The Bertz CT molecular complexity index is 654. The first-order chi connectivity index (χ1) is 11.1. The molecule has 1 aromatic heterocycles. The van der Waals surface area contributed by atoms with Gasteiger partial charge in [0.15, 0.2) is 0 Å². The van der Waals surface area contributed by atoms with E-state index in [9.17, 15) is 4.79 Å². The molecule has 1 saturated heterocycles. The quantitative estimate of drug-likeness (QED) is 0.937. The zero-order chi connectivity index (χ0) is 16.2. The van der Waals surface area contributed by atoms with E-state index in [-0.39, 0.29) is 18.0 Å². The Morgan fingerprint density at radius 1 is 1.39 bits per heavy atom. The van der Waals surface area contributed by atoms with Gasteiger partial charge < -0.3 is 15.2 Å². The molecule has 2 aromatic rings. The summed E-state index contributed by atoms with van der Waals surface area (Å²) in [6, 6.07) is 9.41. The lowest BCUT2D eigenvalue weighted by Crippen LogP contribution is -2.40. The zero-order valence-corrected chi connectivity index (χ0v) is 13.3. The van der Waals surface area contributed by atoms with Gasteiger partial charge in [-0.25, -0.2) is 0 Å². The molecular weight excluding hydrogens is 292 g/mol. The highest BCUT2D eigenvalue weighted by Crippen LogP contribution is 2.31. The molecule has 1 amide bonds. The highest BCUT2D eigenvalue weighted by atomic mass is 16.5. The summed E-state index contributed by atoms with van der Waals surface area (Å²) >= 11 is 0. The van der Waals surface area contributed by atoms with Crippen LogP contribution in [0.1, 0.15) is 44.5 Å². The Morgan fingerprint density at radius 2 is 2.17 bits per heavy atom. The predicted octanol–water partition coefficient (Wildman–Crippen LogP) is 2.53. The van der Waals surface area contributed by atoms with Crippen molar-refractivity contribution in [2.75, 3.05) is 6.54 Å². The molecule has 2 atom stereocenters. The number of likely N-dealkylation sites (tertiary alicyclic amines) is 1. The molecule has 6 heteroatoms. The van der Waals surface area contributed by atoms with E-state index in [1.165, 1.54) is 0 Å². The molecular formula is C17H22N4O2. The van der Waals surface area contributed by atoms with E-state index in [1.54, 1.807) is 0 Å². The molecule has 0 spiro atoms. The molecule has 1 fully saturated rings. The lowest BCUT2D eigenvalue weighted by molar-refractivity contribution is -0.136. The van der Waals surface area contributed by atoms with Gasteiger partial charge in [0.2, 0.25) is 17.6 Å². The summed E-state index contributed by atoms with van der Waals surface area (Å²) in [7, 11) is 0. The van der Waals surface area contributed by atoms with Gasteiger partial charge in [-0.3, -0.25) is 4.79 Å². The second-order valence-electron chi connectivity index (χ2n) is 6.10. The molecule has 1 aromatic carbocycles. The Morgan fingerprint density at radius 3 is 2.91 bits per heavy atom. The normalized spacial score (nSPS) is 19.6. The second-order valence-corrected chi connectivity index (χ2v) is 6.10. The van der Waals surface area contributed by atoms with Crippen LogP contribution in [-0.4, -0.2) is 33.5 Å². The van der Waals surface area contributed by atoms with E-state index in [0.717, 1.165) is 31.4 Å². The van der Waals surface area contributed by atoms with Crippen molar-refractivity contribution in [2.45, 2.75) is 44.7 Å². The fourth-order valence-corrected chi connectivity index (χ4v) is 2.95. The van der Waals surface area contributed by atoms with Crippen molar-refractivity contribution in [2.24, 2.45) is 5.73 Å². The lowest BCUT2D eigenvalue weighted by Gasteiger charge is -2.33. The van der Waals surface area contributed by atoms with Crippen LogP contribution in [-0.2, 0) is 4.79 Å². The molecule has 2 unspecified atom stereocenters. The highest BCUT2D eigenvalue weighted by Gasteiger charge is 2.32. The minimum absolute atomic E-state index is 0.0594. The highest BCUT2D eigenvalue weighted by molar-refractivity contribution is 5.77. The monoisotopic (exact) mass is 314 g/mol. The molecule has 0 saturated carbocycles. The van der Waals surface area contributed by atoms with Crippen LogP contribution >= 0.6 is 0 Å². The SMILES string of the molecule is CC(N)CC(=O)N1CCCCC1c1nc(-c2ccccc2)no1. The van der Waals surface area contributed by atoms with Gasteiger partial charge in [0, 0.05) is 24.6 Å². The molecule has 0 bridgehead atoms. The number of piperidine rings is 1. The van der Waals surface area contributed by atoms with Crippen LogP contribution in [0.3, 0.4) is 0 Å². The second kappa shape index (κ2) is 6.91. The van der Waals surface area contributed by atoms with Gasteiger partial charge in [0.25, 0.3) is 0 Å². The van der Waals surface area contributed by atoms with Crippen LogP contribution < -0.4 is 5.73 Å². The van der Waals surface area contributed by atoms with Gasteiger partial charge in [-0.05, 0) is 26.2 Å². The van der Waals surface area contributed by atoms with Crippen LogP contribution in [0.15, 0.2) is 34.9 Å². The molecule has 2 heterocycles. The van der Waals surface area contributed by atoms with Crippen molar-refractivity contribution < 1.29 is 9.32 Å². The maximum atomic E-state index is 12.4. The molecule has 1 aliphatic rings. The number of carbonyl (C=O) groups is 1. The fourth-order valence-electron chi connectivity index (χ4n) is 2.95. The number of aromatic nitrogens is 2. The van der Waals surface area contributed by atoms with Gasteiger partial charge in [-0.15, -0.1) is 0 Å². The first-order valence-electron chi connectivity index (χ1n) is 8.09. The molecule has 0 aliphatic carbocycles. The number of rotatable bonds is 4. The van der Waals surface area contributed by atoms with Crippen LogP contribution in [0.2, 0.25) is 0 Å². The maximum Gasteiger partial charge on any atom is 0.249 e. The number of nitrogens with two attached hydrogens (primary N) is 1. The van der Waals surface area contributed by atoms with Gasteiger partial charge >= 0.3 is 0 Å². The third-order valence-electron chi connectivity index (χ3n) is 4.08. The average Bonchev–Trinajstić information content (AvgIpc) is 3.05. The smallest absolute Gasteiger partial charge is 0.249 e. The lowest BCUT2D eigenvalue weighted by atomic mass is 10.0. The van der Waals surface area contributed by atoms with Gasteiger partial charge in [0.1, 0.15) is 6.04 Å². The minimum atomic E-state index is -0.146. The predicted molar refractivity (Wildman–Crippen MR) is 86.3 cm³/mol. The molecule has 2 N–H and O–H groups in total. The van der Waals surface area contributed by atoms with Gasteiger partial charge in [-0.1, -0.05) is 35.5 Å². The third-order valence-corrected chi connectivity index (χ3v) is 4.08. The Kier molecular flexibility index (Phi) is 4.71. The summed E-state index contributed by atoms with van der Waals surface area (Å²) in [6.45, 7) is 2.57. The standard InChI is InChI=1S/C17H22N4O2/c1-12(18)11-15(22)21-10-6-5-9-14(21)17-19-16(20-23-17)13-7-3-2-4-8-13/h2-4,7-8,12,14H,5-6,9-11,18H2,1H3. The summed E-state index contributed by atoms with van der Waals surface area (Å²) in [5, 5.41) is 4.07. The molecule has 6 nitrogen and oxygen atoms in total. The number of amides is 1. The van der Waals surface area contributed by atoms with Crippen LogP contribution in [0.25, 0.3) is 11.4 Å². The molecule has 0 radical (unpaired) electrons. The van der Waals surface area contributed by atoms with E-state index in [1.807, 2.05) is 42.2 Å². The van der Waals surface area contributed by atoms with Crippen LogP contribution in [0, 0.1) is 0 Å². The summed E-state index contributed by atoms with van der Waals surface area (Å²) in [5.74, 6) is 1.14. The first kappa shape index (κ1) is 15.7. The third kappa shape index (κ3) is 3.59. The first-order valence-corrected chi connectivity index (χ1v) is 8.09. The van der Waals surface area contributed by atoms with Crippen molar-refractivity contribution in [3.63, 3.8) is 0 Å². The van der Waals surface area contributed by atoms with Crippen molar-refractivity contribution in [1.29, 1.82) is 0 Å². The largest absolute Gasteiger partial charge is 0.337 e. The zero-order valence-electron chi connectivity index (χ0n) is 13.3. The van der Waals surface area contributed by atoms with Crippen molar-refractivity contribution >= 4 is 5.91 Å². The van der Waals surface area contributed by atoms with E-state index in [2.05, 4.69) is 10.1 Å². The Balaban J connectivity index is 1.81. The number of benzene rings is 1. The molecule has 1 aliphatic heterocycles. The molecule has 3 rings (SSSR count). The summed E-state index contributed by atoms with van der Waals surface area (Å²) < 4.78 is 5.46. The fraction of sp³-hybridized carbons (Fsp3) is 0.471. The summed E-state index contributed by atoms with van der Waals surface area (Å²) in [6.07, 6.45) is 3.24. The van der Waals surface area contributed by atoms with Crippen molar-refractivity contribution in [1.82, 2.24) is 15.0 Å². The summed E-state index contributed by atoms with van der Waals surface area (Å²) in [5.41, 5.74) is 6.67. The number of nitrogens with zero attached hydrogens (tertiary/aromatic N) is 3. The van der Waals surface area contributed by atoms with Crippen molar-refractivity contribution in [3.05, 3.63) is 36.2 Å². The van der Waals surface area contributed by atoms with E-state index in [4.69, 9.17) is 10.3 Å². The van der Waals surface area contributed by atoms with E-state index < -0.39 is 0 Å². The Labute approximate surface area is 135 Å².